The molecule has 0 aliphatic heterocycles. The Kier molecular flexibility index (Phi) is 6.05. The number of nitrogens with one attached hydrogen (secondary N) is 1. The molecule has 0 aliphatic carbocycles. The van der Waals surface area contributed by atoms with Gasteiger partial charge in [0.15, 0.2) is 6.61 Å². The monoisotopic (exact) mass is 419 g/mol. The fourth-order valence-corrected chi connectivity index (χ4v) is 2.57. The van der Waals surface area contributed by atoms with E-state index in [2.05, 4.69) is 10.3 Å². The van der Waals surface area contributed by atoms with Gasteiger partial charge in [0.05, 0.1) is 24.7 Å². The second kappa shape index (κ2) is 8.68. The van der Waals surface area contributed by atoms with Crippen LogP contribution in [0.3, 0.4) is 0 Å². The molecule has 0 saturated carbocycles. The molecule has 0 unspecified atom stereocenters. The van der Waals surface area contributed by atoms with Crippen LogP contribution in [0.25, 0.3) is 5.69 Å². The molecular formula is C20H16F3N3O4. The highest BCUT2D eigenvalue weighted by Gasteiger charge is 2.29. The molecule has 0 fully saturated rings. The van der Waals surface area contributed by atoms with Gasteiger partial charge in [-0.05, 0) is 30.3 Å². The fourth-order valence-electron chi connectivity index (χ4n) is 2.57. The number of benzene rings is 1. The Labute approximate surface area is 168 Å². The minimum absolute atomic E-state index is 0.0764. The minimum Gasteiger partial charge on any atom is -0.482 e. The topological polar surface area (TPSA) is 82.5 Å². The summed E-state index contributed by atoms with van der Waals surface area (Å²) in [5, 5.41) is 2.54. The third-order valence-corrected chi connectivity index (χ3v) is 3.91. The summed E-state index contributed by atoms with van der Waals surface area (Å²) in [6.07, 6.45) is -1.84. The quantitative estimate of drug-likeness (QED) is 0.662. The molecule has 3 aromatic rings. The minimum atomic E-state index is -4.54. The summed E-state index contributed by atoms with van der Waals surface area (Å²) in [5.74, 6) is -0.491. The van der Waals surface area contributed by atoms with Gasteiger partial charge in [-0.3, -0.25) is 14.2 Å². The first-order valence-corrected chi connectivity index (χ1v) is 8.60. The second-order valence-electron chi connectivity index (χ2n) is 6.01. The number of aromatic nitrogens is 2. The highest BCUT2D eigenvalue weighted by atomic mass is 19.4. The van der Waals surface area contributed by atoms with Crippen LogP contribution in [0.15, 0.2) is 65.7 Å². The maximum absolute atomic E-state index is 12.8. The van der Waals surface area contributed by atoms with E-state index in [-0.39, 0.29) is 17.0 Å². The van der Waals surface area contributed by atoms with Gasteiger partial charge >= 0.3 is 6.18 Å². The van der Waals surface area contributed by atoms with Crippen molar-refractivity contribution >= 4 is 11.6 Å². The van der Waals surface area contributed by atoms with Crippen molar-refractivity contribution < 1.29 is 27.4 Å². The van der Waals surface area contributed by atoms with Crippen LogP contribution in [0, 0.1) is 0 Å². The van der Waals surface area contributed by atoms with Crippen molar-refractivity contribution in [3.8, 4) is 17.3 Å². The summed E-state index contributed by atoms with van der Waals surface area (Å²) < 4.78 is 48.4. The van der Waals surface area contributed by atoms with Crippen LogP contribution in [-0.2, 0) is 0 Å². The normalized spacial score (nSPS) is 11.1. The van der Waals surface area contributed by atoms with Gasteiger partial charge in [0.1, 0.15) is 11.3 Å². The number of hydrogen-bond acceptors (Lipinski definition) is 5. The number of carbonyl (C=O) groups is 1. The summed E-state index contributed by atoms with van der Waals surface area (Å²) >= 11 is 0. The molecule has 0 bridgehead atoms. The number of nitrogens with zero attached hydrogens (tertiary/aromatic N) is 2. The molecule has 0 radical (unpaired) electrons. The summed E-state index contributed by atoms with van der Waals surface area (Å²) in [7, 11) is 1.45. The van der Waals surface area contributed by atoms with E-state index in [0.29, 0.717) is 11.6 Å². The second-order valence-corrected chi connectivity index (χ2v) is 6.01. The standard InChI is InChI=1S/C20H16F3N3O4/c1-29-17-9-8-13(11-24-17)25-18(27)14-5-4-10-26(19(14)28)15-6-2-3-7-16(15)30-12-20(21,22)23/h2-11H,12H2,1H3,(H,25,27). The van der Waals surface area contributed by atoms with E-state index in [1.165, 1.54) is 62.0 Å². The van der Waals surface area contributed by atoms with Gasteiger partial charge < -0.3 is 14.8 Å². The lowest BCUT2D eigenvalue weighted by Gasteiger charge is -2.15. The SMILES string of the molecule is COc1ccc(NC(=O)c2cccn(-c3ccccc3OCC(F)(F)F)c2=O)cn1. The van der Waals surface area contributed by atoms with Crippen LogP contribution >= 0.6 is 0 Å². The van der Waals surface area contributed by atoms with Crippen LogP contribution < -0.4 is 20.3 Å². The maximum atomic E-state index is 12.8. The lowest BCUT2D eigenvalue weighted by Crippen LogP contribution is -2.28. The lowest BCUT2D eigenvalue weighted by molar-refractivity contribution is -0.153. The predicted molar refractivity (Wildman–Crippen MR) is 102 cm³/mol. The molecule has 1 aromatic carbocycles. The first kappa shape index (κ1) is 20.9. The van der Waals surface area contributed by atoms with Crippen molar-refractivity contribution in [3.05, 3.63) is 76.8 Å². The molecule has 2 heterocycles. The molecule has 2 aromatic heterocycles. The largest absolute Gasteiger partial charge is 0.482 e. The van der Waals surface area contributed by atoms with Gasteiger partial charge in [0, 0.05) is 12.3 Å². The lowest BCUT2D eigenvalue weighted by atomic mass is 10.2. The summed E-state index contributed by atoms with van der Waals surface area (Å²) in [5.41, 5.74) is -0.518. The smallest absolute Gasteiger partial charge is 0.422 e. The van der Waals surface area contributed by atoms with Crippen LogP contribution in [-0.4, -0.2) is 35.4 Å². The molecule has 3 rings (SSSR count). The first-order chi connectivity index (χ1) is 14.3. The number of ether oxygens (including phenoxy) is 2. The summed E-state index contributed by atoms with van der Waals surface area (Å²) in [6, 6.07) is 11.6. The van der Waals surface area contributed by atoms with Crippen molar-refractivity contribution in [1.29, 1.82) is 0 Å². The Hall–Kier alpha value is -3.82. The number of amides is 1. The maximum Gasteiger partial charge on any atom is 0.422 e. The van der Waals surface area contributed by atoms with Crippen molar-refractivity contribution in [1.82, 2.24) is 9.55 Å². The molecule has 0 saturated heterocycles. The van der Waals surface area contributed by atoms with E-state index in [0.717, 1.165) is 4.57 Å². The highest BCUT2D eigenvalue weighted by Crippen LogP contribution is 2.24. The van der Waals surface area contributed by atoms with Gasteiger partial charge in [0.2, 0.25) is 5.88 Å². The Morgan fingerprint density at radius 1 is 1.13 bits per heavy atom. The zero-order chi connectivity index (χ0) is 21.7. The average molecular weight is 419 g/mol. The summed E-state index contributed by atoms with van der Waals surface area (Å²) in [6.45, 7) is -1.51. The third kappa shape index (κ3) is 4.96. The summed E-state index contributed by atoms with van der Waals surface area (Å²) in [4.78, 5) is 29.3. The number of alkyl halides is 3. The Balaban J connectivity index is 1.90. The molecule has 10 heteroatoms. The van der Waals surface area contributed by atoms with E-state index in [1.807, 2.05) is 0 Å². The molecule has 156 valence electrons. The number of halogens is 3. The highest BCUT2D eigenvalue weighted by molar-refractivity contribution is 6.03. The van der Waals surface area contributed by atoms with Crippen LogP contribution in [0.5, 0.6) is 11.6 Å². The van der Waals surface area contributed by atoms with E-state index in [9.17, 15) is 22.8 Å². The number of para-hydroxylation sites is 2. The number of methoxy groups -OCH3 is 1. The Morgan fingerprint density at radius 2 is 1.90 bits per heavy atom. The number of hydrogen-bond donors (Lipinski definition) is 1. The number of rotatable bonds is 6. The van der Waals surface area contributed by atoms with Crippen molar-refractivity contribution in [2.24, 2.45) is 0 Å². The molecule has 0 atom stereocenters. The molecular weight excluding hydrogens is 403 g/mol. The number of carbonyl (C=O) groups excluding carboxylic acids is 1. The molecule has 30 heavy (non-hydrogen) atoms. The molecule has 0 spiro atoms. The molecule has 1 amide bonds. The van der Waals surface area contributed by atoms with Gasteiger partial charge in [-0.1, -0.05) is 12.1 Å². The van der Waals surface area contributed by atoms with E-state index in [1.54, 1.807) is 6.07 Å². The third-order valence-electron chi connectivity index (χ3n) is 3.91. The zero-order valence-electron chi connectivity index (χ0n) is 15.6. The van der Waals surface area contributed by atoms with Crippen LogP contribution in [0.1, 0.15) is 10.4 Å². The Bertz CT molecular complexity index is 1100. The predicted octanol–water partition coefficient (Wildman–Crippen LogP) is 3.43. The molecule has 7 nitrogen and oxygen atoms in total. The van der Waals surface area contributed by atoms with Crippen molar-refractivity contribution in [2.75, 3.05) is 19.0 Å². The first-order valence-electron chi connectivity index (χ1n) is 8.60. The molecule has 0 aliphatic rings. The zero-order valence-corrected chi connectivity index (χ0v) is 15.6. The van der Waals surface area contributed by atoms with Crippen molar-refractivity contribution in [2.45, 2.75) is 6.18 Å². The van der Waals surface area contributed by atoms with Gasteiger partial charge in [0.25, 0.3) is 11.5 Å². The number of pyridine rings is 2. The number of anilines is 1. The molecule has 1 N–H and O–H groups in total. The van der Waals surface area contributed by atoms with Crippen molar-refractivity contribution in [3.63, 3.8) is 0 Å². The Morgan fingerprint density at radius 3 is 2.57 bits per heavy atom. The van der Waals surface area contributed by atoms with E-state index < -0.39 is 24.2 Å². The van der Waals surface area contributed by atoms with E-state index >= 15 is 0 Å². The van der Waals surface area contributed by atoms with Gasteiger partial charge in [-0.25, -0.2) is 4.98 Å². The van der Waals surface area contributed by atoms with E-state index in [4.69, 9.17) is 9.47 Å². The van der Waals surface area contributed by atoms with Gasteiger partial charge in [-0.15, -0.1) is 0 Å². The fraction of sp³-hybridized carbons (Fsp3) is 0.150. The average Bonchev–Trinajstić information content (AvgIpc) is 2.72. The van der Waals surface area contributed by atoms with Gasteiger partial charge in [-0.2, -0.15) is 13.2 Å². The van der Waals surface area contributed by atoms with Crippen LogP contribution in [0.4, 0.5) is 18.9 Å². The van der Waals surface area contributed by atoms with Crippen LogP contribution in [0.2, 0.25) is 0 Å².